The predicted octanol–water partition coefficient (Wildman–Crippen LogP) is 1.01. The summed E-state index contributed by atoms with van der Waals surface area (Å²) in [5.41, 5.74) is 0.739. The fourth-order valence-corrected chi connectivity index (χ4v) is 1.72. The summed E-state index contributed by atoms with van der Waals surface area (Å²) in [6.07, 6.45) is 1.67. The van der Waals surface area contributed by atoms with E-state index in [2.05, 4.69) is 27.5 Å². The summed E-state index contributed by atoms with van der Waals surface area (Å²) in [5, 5.41) is 24.6. The Morgan fingerprint density at radius 1 is 1.41 bits per heavy atom. The van der Waals surface area contributed by atoms with Crippen LogP contribution in [0.15, 0.2) is 12.1 Å². The maximum absolute atomic E-state index is 8.94. The second-order valence-electron chi connectivity index (χ2n) is 4.00. The normalized spacial score (nSPS) is 12.9. The zero-order valence-corrected chi connectivity index (χ0v) is 10.1. The average molecular weight is 235 g/mol. The molecule has 0 aromatic carbocycles. The molecule has 0 aliphatic heterocycles. The van der Waals surface area contributed by atoms with E-state index in [1.54, 1.807) is 4.52 Å². The van der Waals surface area contributed by atoms with Crippen molar-refractivity contribution in [2.45, 2.75) is 32.7 Å². The van der Waals surface area contributed by atoms with Gasteiger partial charge in [0.05, 0.1) is 0 Å². The Kier molecular flexibility index (Phi) is 3.53. The highest BCUT2D eigenvalue weighted by atomic mass is 16.3. The lowest BCUT2D eigenvalue weighted by Gasteiger charge is -2.16. The van der Waals surface area contributed by atoms with E-state index in [1.807, 2.05) is 19.1 Å². The van der Waals surface area contributed by atoms with Crippen LogP contribution in [-0.4, -0.2) is 37.6 Å². The van der Waals surface area contributed by atoms with Crippen molar-refractivity contribution >= 4 is 11.5 Å². The summed E-state index contributed by atoms with van der Waals surface area (Å²) < 4.78 is 1.70. The number of anilines is 1. The Morgan fingerprint density at radius 3 is 2.94 bits per heavy atom. The smallest absolute Gasteiger partial charge is 0.178 e. The highest BCUT2D eigenvalue weighted by Gasteiger charge is 2.08. The number of aromatic nitrogens is 4. The van der Waals surface area contributed by atoms with E-state index >= 15 is 0 Å². The van der Waals surface area contributed by atoms with Gasteiger partial charge in [0, 0.05) is 12.6 Å². The number of nitrogens with one attached hydrogen (secondary N) is 1. The molecular formula is C11H17N5O. The molecule has 0 radical (unpaired) electrons. The molecule has 6 heteroatoms. The van der Waals surface area contributed by atoms with Gasteiger partial charge in [0.1, 0.15) is 5.82 Å². The number of nitrogens with zero attached hydrogens (tertiary/aromatic N) is 4. The van der Waals surface area contributed by atoms with Gasteiger partial charge in [-0.2, -0.15) is 4.52 Å². The first-order chi connectivity index (χ1) is 8.24. The van der Waals surface area contributed by atoms with Crippen LogP contribution in [0.1, 0.15) is 25.6 Å². The van der Waals surface area contributed by atoms with E-state index in [1.165, 1.54) is 0 Å². The molecule has 0 bridgehead atoms. The van der Waals surface area contributed by atoms with Crippen LogP contribution in [0.4, 0.5) is 5.82 Å². The van der Waals surface area contributed by atoms with Crippen molar-refractivity contribution in [3.8, 4) is 0 Å². The highest BCUT2D eigenvalue weighted by molar-refractivity contribution is 5.44. The Morgan fingerprint density at radius 2 is 2.24 bits per heavy atom. The molecule has 2 aromatic rings. The van der Waals surface area contributed by atoms with Gasteiger partial charge in [0.2, 0.25) is 0 Å². The molecule has 2 rings (SSSR count). The molecule has 0 fully saturated rings. The van der Waals surface area contributed by atoms with Gasteiger partial charge in [-0.3, -0.25) is 0 Å². The third-order valence-electron chi connectivity index (χ3n) is 2.74. The summed E-state index contributed by atoms with van der Waals surface area (Å²) in [6.45, 7) is 4.12. The summed E-state index contributed by atoms with van der Waals surface area (Å²) in [5.74, 6) is 1.54. The molecule has 1 unspecified atom stereocenters. The number of aliphatic hydroxyl groups is 1. The standard InChI is InChI=1S/C11H17N5O/c1-3-9(6-7-17)12-10-4-5-11-14-13-8(2)16(11)15-10/h4-5,9,17H,3,6-7H2,1-2H3,(H,12,15). The molecule has 2 heterocycles. The molecule has 6 nitrogen and oxygen atoms in total. The van der Waals surface area contributed by atoms with Crippen LogP contribution in [0.5, 0.6) is 0 Å². The maximum Gasteiger partial charge on any atom is 0.178 e. The van der Waals surface area contributed by atoms with Crippen LogP contribution in [0.3, 0.4) is 0 Å². The van der Waals surface area contributed by atoms with Crippen molar-refractivity contribution in [1.82, 2.24) is 19.8 Å². The molecule has 2 N–H and O–H groups in total. The van der Waals surface area contributed by atoms with Gasteiger partial charge < -0.3 is 10.4 Å². The molecule has 1 atom stereocenters. The highest BCUT2D eigenvalue weighted by Crippen LogP contribution is 2.10. The van der Waals surface area contributed by atoms with Crippen LogP contribution < -0.4 is 5.32 Å². The van der Waals surface area contributed by atoms with Gasteiger partial charge in [-0.15, -0.1) is 15.3 Å². The molecule has 92 valence electrons. The van der Waals surface area contributed by atoms with E-state index in [0.29, 0.717) is 0 Å². The molecule has 0 saturated carbocycles. The van der Waals surface area contributed by atoms with Crippen LogP contribution in [0.2, 0.25) is 0 Å². The van der Waals surface area contributed by atoms with Crippen LogP contribution in [-0.2, 0) is 0 Å². The molecule has 0 aliphatic carbocycles. The molecule has 0 aliphatic rings. The Hall–Kier alpha value is -1.69. The first kappa shape index (κ1) is 11.8. The molecule has 0 spiro atoms. The summed E-state index contributed by atoms with van der Waals surface area (Å²) >= 11 is 0. The SMILES string of the molecule is CCC(CCO)Nc1ccc2nnc(C)n2n1. The zero-order valence-electron chi connectivity index (χ0n) is 10.1. The molecule has 0 amide bonds. The zero-order chi connectivity index (χ0) is 12.3. The van der Waals surface area contributed by atoms with Gasteiger partial charge >= 0.3 is 0 Å². The molecule has 17 heavy (non-hydrogen) atoms. The first-order valence-electron chi connectivity index (χ1n) is 5.81. The van der Waals surface area contributed by atoms with Crippen molar-refractivity contribution in [3.05, 3.63) is 18.0 Å². The van der Waals surface area contributed by atoms with Crippen LogP contribution in [0, 0.1) is 6.92 Å². The molecule has 2 aromatic heterocycles. The van der Waals surface area contributed by atoms with Crippen molar-refractivity contribution in [2.75, 3.05) is 11.9 Å². The lowest BCUT2D eigenvalue weighted by atomic mass is 10.1. The van der Waals surface area contributed by atoms with Crippen LogP contribution >= 0.6 is 0 Å². The minimum atomic E-state index is 0.180. The van der Waals surface area contributed by atoms with Gasteiger partial charge in [0.15, 0.2) is 11.5 Å². The monoisotopic (exact) mass is 235 g/mol. The summed E-state index contributed by atoms with van der Waals surface area (Å²) in [7, 11) is 0. The minimum Gasteiger partial charge on any atom is -0.396 e. The fourth-order valence-electron chi connectivity index (χ4n) is 1.72. The molecule has 0 saturated heterocycles. The Balaban J connectivity index is 2.20. The summed E-state index contributed by atoms with van der Waals surface area (Å²) in [4.78, 5) is 0. The van der Waals surface area contributed by atoms with Crippen molar-refractivity contribution < 1.29 is 5.11 Å². The number of rotatable bonds is 5. The second kappa shape index (κ2) is 5.09. The number of aliphatic hydroxyl groups excluding tert-OH is 1. The molecular weight excluding hydrogens is 218 g/mol. The first-order valence-corrected chi connectivity index (χ1v) is 5.81. The van der Waals surface area contributed by atoms with Gasteiger partial charge in [-0.1, -0.05) is 6.92 Å². The van der Waals surface area contributed by atoms with E-state index in [0.717, 1.165) is 30.1 Å². The number of aryl methyl sites for hydroxylation is 1. The van der Waals surface area contributed by atoms with Gasteiger partial charge in [-0.25, -0.2) is 0 Å². The fraction of sp³-hybridized carbons (Fsp3) is 0.545. The lowest BCUT2D eigenvalue weighted by molar-refractivity contribution is 0.278. The number of hydrogen-bond acceptors (Lipinski definition) is 5. The van der Waals surface area contributed by atoms with E-state index in [4.69, 9.17) is 5.11 Å². The van der Waals surface area contributed by atoms with Gasteiger partial charge in [-0.05, 0) is 31.9 Å². The van der Waals surface area contributed by atoms with Crippen molar-refractivity contribution in [3.63, 3.8) is 0 Å². The summed E-state index contributed by atoms with van der Waals surface area (Å²) in [6, 6.07) is 3.99. The largest absolute Gasteiger partial charge is 0.396 e. The quantitative estimate of drug-likeness (QED) is 0.808. The van der Waals surface area contributed by atoms with Gasteiger partial charge in [0.25, 0.3) is 0 Å². The Labute approximate surface area is 99.7 Å². The lowest BCUT2D eigenvalue weighted by Crippen LogP contribution is -2.21. The number of hydrogen-bond donors (Lipinski definition) is 2. The van der Waals surface area contributed by atoms with E-state index in [-0.39, 0.29) is 12.6 Å². The van der Waals surface area contributed by atoms with Crippen molar-refractivity contribution in [1.29, 1.82) is 0 Å². The topological polar surface area (TPSA) is 75.3 Å². The maximum atomic E-state index is 8.94. The minimum absolute atomic E-state index is 0.180. The third kappa shape index (κ3) is 2.52. The van der Waals surface area contributed by atoms with Crippen LogP contribution in [0.25, 0.3) is 5.65 Å². The Bertz CT molecular complexity index is 496. The predicted molar refractivity (Wildman–Crippen MR) is 64.9 cm³/mol. The van der Waals surface area contributed by atoms with E-state index in [9.17, 15) is 0 Å². The van der Waals surface area contributed by atoms with E-state index < -0.39 is 0 Å². The second-order valence-corrected chi connectivity index (χ2v) is 4.00. The third-order valence-corrected chi connectivity index (χ3v) is 2.74. The van der Waals surface area contributed by atoms with Crippen molar-refractivity contribution in [2.24, 2.45) is 0 Å². The number of fused-ring (bicyclic) bond motifs is 1. The average Bonchev–Trinajstić information content (AvgIpc) is 2.70.